The smallest absolute Gasteiger partial charge is 0.123 e. The first-order valence-electron chi connectivity index (χ1n) is 6.33. The van der Waals surface area contributed by atoms with Crippen molar-refractivity contribution in [2.45, 2.75) is 19.9 Å². The van der Waals surface area contributed by atoms with Gasteiger partial charge in [0, 0.05) is 15.6 Å². The molecule has 20 heavy (non-hydrogen) atoms. The molecule has 0 spiro atoms. The van der Waals surface area contributed by atoms with Gasteiger partial charge in [0.2, 0.25) is 0 Å². The highest BCUT2D eigenvalue weighted by atomic mass is 35.5. The Hall–Kier alpha value is -1.09. The Morgan fingerprint density at radius 2 is 1.50 bits per heavy atom. The van der Waals surface area contributed by atoms with Gasteiger partial charge in [0.05, 0.1) is 6.04 Å². The van der Waals surface area contributed by atoms with Crippen molar-refractivity contribution in [2.75, 3.05) is 7.05 Å². The Morgan fingerprint density at radius 1 is 1.00 bits per heavy atom. The minimum atomic E-state index is -0.233. The predicted octanol–water partition coefficient (Wildman–Crippen LogP) is 5.06. The number of hydrogen-bond donors (Lipinski definition) is 1. The number of nitrogens with one attached hydrogen (secondary N) is 1. The third-order valence-electron chi connectivity index (χ3n) is 3.42. The van der Waals surface area contributed by atoms with Crippen LogP contribution in [0.4, 0.5) is 4.39 Å². The fourth-order valence-corrected chi connectivity index (χ4v) is 3.21. The van der Waals surface area contributed by atoms with Crippen LogP contribution >= 0.6 is 23.2 Å². The molecule has 0 aromatic heterocycles. The van der Waals surface area contributed by atoms with Crippen LogP contribution in [0.3, 0.4) is 0 Å². The summed E-state index contributed by atoms with van der Waals surface area (Å²) in [6, 6.07) is 8.31. The number of hydrogen-bond acceptors (Lipinski definition) is 1. The van der Waals surface area contributed by atoms with Crippen LogP contribution in [0.25, 0.3) is 0 Å². The van der Waals surface area contributed by atoms with Gasteiger partial charge in [-0.25, -0.2) is 4.39 Å². The summed E-state index contributed by atoms with van der Waals surface area (Å²) in [4.78, 5) is 0. The summed E-state index contributed by atoms with van der Waals surface area (Å²) < 4.78 is 13.5. The first-order chi connectivity index (χ1) is 9.45. The van der Waals surface area contributed by atoms with Crippen LogP contribution in [-0.2, 0) is 0 Å². The molecule has 2 aromatic rings. The zero-order valence-corrected chi connectivity index (χ0v) is 13.1. The molecule has 0 aliphatic rings. The second kappa shape index (κ2) is 6.13. The molecule has 0 heterocycles. The van der Waals surface area contributed by atoms with Gasteiger partial charge in [-0.2, -0.15) is 0 Å². The van der Waals surface area contributed by atoms with E-state index >= 15 is 0 Å². The second-order valence-corrected chi connectivity index (χ2v) is 5.62. The number of rotatable bonds is 3. The lowest BCUT2D eigenvalue weighted by Gasteiger charge is -2.23. The number of halogens is 3. The van der Waals surface area contributed by atoms with Gasteiger partial charge >= 0.3 is 0 Å². The molecule has 0 saturated carbocycles. The highest BCUT2D eigenvalue weighted by Crippen LogP contribution is 2.36. The van der Waals surface area contributed by atoms with Gasteiger partial charge in [-0.05, 0) is 61.9 Å². The van der Waals surface area contributed by atoms with Crippen LogP contribution in [0.2, 0.25) is 10.0 Å². The van der Waals surface area contributed by atoms with E-state index in [0.29, 0.717) is 10.0 Å². The van der Waals surface area contributed by atoms with Gasteiger partial charge in [-0.15, -0.1) is 0 Å². The van der Waals surface area contributed by atoms with Crippen molar-refractivity contribution in [2.24, 2.45) is 0 Å². The molecule has 1 atom stereocenters. The lowest BCUT2D eigenvalue weighted by Crippen LogP contribution is -2.21. The Morgan fingerprint density at radius 3 is 1.95 bits per heavy atom. The van der Waals surface area contributed by atoms with Crippen molar-refractivity contribution in [1.29, 1.82) is 0 Å². The van der Waals surface area contributed by atoms with Gasteiger partial charge in [-0.1, -0.05) is 29.3 Å². The summed E-state index contributed by atoms with van der Waals surface area (Å²) in [5, 5.41) is 4.42. The molecule has 1 N–H and O–H groups in total. The number of benzene rings is 2. The third-order valence-corrected chi connectivity index (χ3v) is 4.08. The first kappa shape index (κ1) is 15.3. The second-order valence-electron chi connectivity index (χ2n) is 4.81. The fourth-order valence-electron chi connectivity index (χ4n) is 2.60. The van der Waals surface area contributed by atoms with Crippen LogP contribution in [-0.4, -0.2) is 7.05 Å². The molecule has 0 aliphatic carbocycles. The molecule has 1 nitrogen and oxygen atoms in total. The summed E-state index contributed by atoms with van der Waals surface area (Å²) in [5.41, 5.74) is 3.57. The Balaban J connectivity index is 2.65. The monoisotopic (exact) mass is 311 g/mol. The zero-order valence-electron chi connectivity index (χ0n) is 11.6. The largest absolute Gasteiger partial charge is 0.309 e. The van der Waals surface area contributed by atoms with Crippen LogP contribution in [0.1, 0.15) is 28.3 Å². The normalized spacial score (nSPS) is 12.5. The first-order valence-corrected chi connectivity index (χ1v) is 7.09. The van der Waals surface area contributed by atoms with Crippen LogP contribution in [0.15, 0.2) is 30.3 Å². The van der Waals surface area contributed by atoms with E-state index in [1.807, 2.05) is 27.0 Å². The van der Waals surface area contributed by atoms with E-state index in [1.165, 1.54) is 12.1 Å². The quantitative estimate of drug-likeness (QED) is 0.835. The van der Waals surface area contributed by atoms with Crippen molar-refractivity contribution in [3.05, 3.63) is 68.4 Å². The lowest BCUT2D eigenvalue weighted by molar-refractivity contribution is 0.618. The van der Waals surface area contributed by atoms with Crippen molar-refractivity contribution in [1.82, 2.24) is 5.32 Å². The maximum Gasteiger partial charge on any atom is 0.123 e. The van der Waals surface area contributed by atoms with Crippen LogP contribution in [0.5, 0.6) is 0 Å². The molecule has 2 aromatic carbocycles. The topological polar surface area (TPSA) is 12.0 Å². The molecule has 0 amide bonds. The molecule has 2 rings (SSSR count). The molecule has 0 aliphatic heterocycles. The maximum atomic E-state index is 13.5. The van der Waals surface area contributed by atoms with E-state index in [4.69, 9.17) is 23.2 Å². The zero-order chi connectivity index (χ0) is 14.9. The summed E-state index contributed by atoms with van der Waals surface area (Å²) in [5.74, 6) is -0.233. The van der Waals surface area contributed by atoms with Crippen molar-refractivity contribution < 1.29 is 4.39 Å². The summed E-state index contributed by atoms with van der Waals surface area (Å²) in [7, 11) is 1.84. The molecule has 0 radical (unpaired) electrons. The SMILES string of the molecule is CNC(c1c(C)cc(F)cc1C)c1c(Cl)cccc1Cl. The summed E-state index contributed by atoms with van der Waals surface area (Å²) in [6.07, 6.45) is 0. The third kappa shape index (κ3) is 2.83. The average Bonchev–Trinajstić information content (AvgIpc) is 2.35. The molecule has 0 bridgehead atoms. The van der Waals surface area contributed by atoms with Crippen molar-refractivity contribution >= 4 is 23.2 Å². The Bertz CT molecular complexity index is 597. The summed E-state index contributed by atoms with van der Waals surface area (Å²) in [6.45, 7) is 3.78. The van der Waals surface area contributed by atoms with Crippen LogP contribution in [0, 0.1) is 19.7 Å². The van der Waals surface area contributed by atoms with E-state index in [1.54, 1.807) is 12.1 Å². The van der Waals surface area contributed by atoms with Crippen molar-refractivity contribution in [3.63, 3.8) is 0 Å². The minimum absolute atomic E-state index is 0.170. The molecule has 0 saturated heterocycles. The average molecular weight is 312 g/mol. The fraction of sp³-hybridized carbons (Fsp3) is 0.250. The van der Waals surface area contributed by atoms with Gasteiger partial charge in [0.1, 0.15) is 5.82 Å². The van der Waals surface area contributed by atoms with E-state index in [9.17, 15) is 4.39 Å². The molecule has 1 unspecified atom stereocenters. The van der Waals surface area contributed by atoms with Gasteiger partial charge in [-0.3, -0.25) is 0 Å². The minimum Gasteiger partial charge on any atom is -0.309 e. The molecule has 4 heteroatoms. The standard InChI is InChI=1S/C16H16Cl2FN/c1-9-7-11(19)8-10(2)14(9)16(20-3)15-12(17)5-4-6-13(15)18/h4-8,16,20H,1-3H3. The van der Waals surface area contributed by atoms with E-state index < -0.39 is 0 Å². The van der Waals surface area contributed by atoms with E-state index in [2.05, 4.69) is 5.32 Å². The van der Waals surface area contributed by atoms with Gasteiger partial charge < -0.3 is 5.32 Å². The Labute approximate surface area is 128 Å². The molecule has 106 valence electrons. The van der Waals surface area contributed by atoms with Crippen molar-refractivity contribution in [3.8, 4) is 0 Å². The molecule has 0 fully saturated rings. The van der Waals surface area contributed by atoms with E-state index in [0.717, 1.165) is 22.3 Å². The molecular formula is C16H16Cl2FN. The van der Waals surface area contributed by atoms with E-state index in [-0.39, 0.29) is 11.9 Å². The lowest BCUT2D eigenvalue weighted by atomic mass is 9.91. The van der Waals surface area contributed by atoms with Gasteiger partial charge in [0.25, 0.3) is 0 Å². The Kier molecular flexibility index (Phi) is 4.69. The maximum absolute atomic E-state index is 13.5. The predicted molar refractivity (Wildman–Crippen MR) is 83.2 cm³/mol. The van der Waals surface area contributed by atoms with Gasteiger partial charge in [0.15, 0.2) is 0 Å². The molecular weight excluding hydrogens is 296 g/mol. The summed E-state index contributed by atoms with van der Waals surface area (Å²) >= 11 is 12.6. The van der Waals surface area contributed by atoms with Crippen LogP contribution < -0.4 is 5.32 Å². The highest BCUT2D eigenvalue weighted by molar-refractivity contribution is 6.36. The number of aryl methyl sites for hydroxylation is 2. The highest BCUT2D eigenvalue weighted by Gasteiger charge is 2.22.